The van der Waals surface area contributed by atoms with Crippen LogP contribution < -0.4 is 11.0 Å². The van der Waals surface area contributed by atoms with E-state index in [9.17, 15) is 9.82 Å². The fourth-order valence-corrected chi connectivity index (χ4v) is 3.80. The second-order valence-electron chi connectivity index (χ2n) is 8.11. The maximum absolute atomic E-state index is 12.9. The first-order valence-electron chi connectivity index (χ1n) is 10.1. The summed E-state index contributed by atoms with van der Waals surface area (Å²) in [5.41, 5.74) is 1.75. The van der Waals surface area contributed by atoms with Gasteiger partial charge < -0.3 is 15.2 Å². The van der Waals surface area contributed by atoms with E-state index in [-0.39, 0.29) is 30.4 Å². The normalized spacial score (nSPS) is 27.3. The second-order valence-corrected chi connectivity index (χ2v) is 8.11. The van der Waals surface area contributed by atoms with Gasteiger partial charge in [0.25, 0.3) is 0 Å². The number of carbonyl (C=O) groups is 1. The molecule has 0 radical (unpaired) electrons. The van der Waals surface area contributed by atoms with Gasteiger partial charge in [-0.05, 0) is 70.8 Å². The molecule has 0 bridgehead atoms. The molecule has 0 saturated carbocycles. The fourth-order valence-electron chi connectivity index (χ4n) is 3.80. The standard InChI is InChI=1S/C18H38BN3O4/c1-14(2)12-17-16(13-26-21-25)9-7-11-22(19(4)24)10-6-5-8-15(3)20-18(17)23/h14-17,21,24-25H,5-13H2,1-4H3,(H,20,23)/t15-,16-,17-/m1/s1. The zero-order valence-corrected chi connectivity index (χ0v) is 16.9. The molecular formula is C18H38BN3O4. The lowest BCUT2D eigenvalue weighted by Gasteiger charge is -2.29. The highest BCUT2D eigenvalue weighted by molar-refractivity contribution is 6.45. The first kappa shape index (κ1) is 23.4. The first-order valence-corrected chi connectivity index (χ1v) is 10.1. The van der Waals surface area contributed by atoms with Gasteiger partial charge in [0.15, 0.2) is 0 Å². The van der Waals surface area contributed by atoms with E-state index in [4.69, 9.17) is 10.0 Å². The molecule has 0 unspecified atom stereocenters. The third-order valence-electron chi connectivity index (χ3n) is 5.26. The zero-order valence-electron chi connectivity index (χ0n) is 16.9. The summed E-state index contributed by atoms with van der Waals surface area (Å²) < 4.78 is 0. The Bertz CT molecular complexity index is 399. The van der Waals surface area contributed by atoms with Crippen LogP contribution in [0, 0.1) is 17.8 Å². The van der Waals surface area contributed by atoms with Crippen molar-refractivity contribution >= 4 is 13.0 Å². The van der Waals surface area contributed by atoms with Gasteiger partial charge in [0.2, 0.25) is 5.91 Å². The van der Waals surface area contributed by atoms with Crippen molar-refractivity contribution in [2.75, 3.05) is 19.7 Å². The molecule has 1 amide bonds. The molecule has 1 aliphatic heterocycles. The zero-order chi connectivity index (χ0) is 19.5. The molecule has 3 atom stereocenters. The van der Waals surface area contributed by atoms with Crippen LogP contribution in [0.15, 0.2) is 0 Å². The summed E-state index contributed by atoms with van der Waals surface area (Å²) in [5, 5.41) is 22.0. The summed E-state index contributed by atoms with van der Waals surface area (Å²) in [4.78, 5) is 20.0. The minimum absolute atomic E-state index is 0.0147. The average molecular weight is 371 g/mol. The lowest BCUT2D eigenvalue weighted by atomic mass is 9.81. The molecule has 152 valence electrons. The van der Waals surface area contributed by atoms with Gasteiger partial charge in [-0.2, -0.15) is 0 Å². The van der Waals surface area contributed by atoms with Crippen LogP contribution in [0.1, 0.15) is 59.3 Å². The highest BCUT2D eigenvalue weighted by atomic mass is 16.8. The van der Waals surface area contributed by atoms with Crippen LogP contribution in [0.25, 0.3) is 0 Å². The number of amides is 1. The van der Waals surface area contributed by atoms with Crippen molar-refractivity contribution in [3.05, 3.63) is 0 Å². The third-order valence-corrected chi connectivity index (χ3v) is 5.26. The number of hydrogen-bond acceptors (Lipinski definition) is 6. The first-order chi connectivity index (χ1) is 12.3. The van der Waals surface area contributed by atoms with Gasteiger partial charge in [-0.3, -0.25) is 14.8 Å². The van der Waals surface area contributed by atoms with Gasteiger partial charge in [0, 0.05) is 12.0 Å². The third kappa shape index (κ3) is 8.82. The van der Waals surface area contributed by atoms with E-state index in [1.54, 1.807) is 5.64 Å². The van der Waals surface area contributed by atoms with Crippen LogP contribution in [0.4, 0.5) is 0 Å². The van der Waals surface area contributed by atoms with Gasteiger partial charge in [0.1, 0.15) is 0 Å². The van der Waals surface area contributed by atoms with Crippen molar-refractivity contribution in [1.82, 2.24) is 15.8 Å². The van der Waals surface area contributed by atoms with Crippen molar-refractivity contribution in [1.29, 1.82) is 0 Å². The molecule has 0 aromatic carbocycles. The summed E-state index contributed by atoms with van der Waals surface area (Å²) in [5.74, 6) is 0.354. The molecule has 1 rings (SSSR count). The van der Waals surface area contributed by atoms with E-state index in [1.807, 2.05) is 6.82 Å². The lowest BCUT2D eigenvalue weighted by molar-refractivity contribution is -0.149. The number of nitrogens with one attached hydrogen (secondary N) is 2. The predicted octanol–water partition coefficient (Wildman–Crippen LogP) is 2.06. The van der Waals surface area contributed by atoms with Gasteiger partial charge in [0.05, 0.1) is 6.61 Å². The van der Waals surface area contributed by atoms with Crippen molar-refractivity contribution in [2.24, 2.45) is 17.8 Å². The van der Waals surface area contributed by atoms with Gasteiger partial charge in [-0.15, -0.1) is 0 Å². The van der Waals surface area contributed by atoms with Crippen LogP contribution in [0.2, 0.25) is 6.82 Å². The van der Waals surface area contributed by atoms with Crippen LogP contribution in [-0.2, 0) is 9.63 Å². The van der Waals surface area contributed by atoms with E-state index >= 15 is 0 Å². The van der Waals surface area contributed by atoms with Gasteiger partial charge in [-0.1, -0.05) is 25.9 Å². The van der Waals surface area contributed by atoms with Crippen LogP contribution in [-0.4, -0.2) is 53.7 Å². The Kier molecular flexibility index (Phi) is 11.4. The average Bonchev–Trinajstić information content (AvgIpc) is 2.57. The number of hydrogen-bond donors (Lipinski definition) is 4. The molecule has 7 nitrogen and oxygen atoms in total. The summed E-state index contributed by atoms with van der Waals surface area (Å²) in [6, 6.07) is 0.135. The molecule has 1 fully saturated rings. The minimum Gasteiger partial charge on any atom is -0.437 e. The van der Waals surface area contributed by atoms with E-state index in [0.29, 0.717) is 5.92 Å². The topological polar surface area (TPSA) is 94.1 Å². The quantitative estimate of drug-likeness (QED) is 0.422. The fraction of sp³-hybridized carbons (Fsp3) is 0.944. The molecule has 1 heterocycles. The summed E-state index contributed by atoms with van der Waals surface area (Å²) in [6.07, 6.45) is 5.46. The van der Waals surface area contributed by atoms with Crippen LogP contribution in [0.3, 0.4) is 0 Å². The highest BCUT2D eigenvalue weighted by Crippen LogP contribution is 2.26. The van der Waals surface area contributed by atoms with Gasteiger partial charge in [-0.25, -0.2) is 0 Å². The largest absolute Gasteiger partial charge is 0.437 e. The number of rotatable bonds is 6. The molecule has 1 aliphatic rings. The summed E-state index contributed by atoms with van der Waals surface area (Å²) in [7, 11) is -0.461. The highest BCUT2D eigenvalue weighted by Gasteiger charge is 2.30. The second kappa shape index (κ2) is 12.7. The Hall–Kier alpha value is -0.665. The van der Waals surface area contributed by atoms with E-state index < -0.39 is 7.05 Å². The van der Waals surface area contributed by atoms with E-state index in [1.165, 1.54) is 0 Å². The maximum atomic E-state index is 12.9. The van der Waals surface area contributed by atoms with Crippen molar-refractivity contribution in [2.45, 2.75) is 72.2 Å². The minimum atomic E-state index is -0.461. The monoisotopic (exact) mass is 371 g/mol. The van der Waals surface area contributed by atoms with Crippen LogP contribution >= 0.6 is 0 Å². The Morgan fingerprint density at radius 1 is 1.31 bits per heavy atom. The van der Waals surface area contributed by atoms with Crippen molar-refractivity contribution < 1.29 is 19.9 Å². The summed E-state index contributed by atoms with van der Waals surface area (Å²) >= 11 is 0. The van der Waals surface area contributed by atoms with Crippen molar-refractivity contribution in [3.63, 3.8) is 0 Å². The van der Waals surface area contributed by atoms with E-state index in [2.05, 4.69) is 30.9 Å². The SMILES string of the molecule is CB(O)N1CCCC[C@@H](C)NC(=O)[C@H](CC(C)C)[C@@H](CONO)CCC1. The van der Waals surface area contributed by atoms with Crippen LogP contribution in [0.5, 0.6) is 0 Å². The summed E-state index contributed by atoms with van der Waals surface area (Å²) in [6.45, 7) is 10.1. The Morgan fingerprint density at radius 2 is 2.00 bits per heavy atom. The molecule has 8 heteroatoms. The molecule has 0 aliphatic carbocycles. The Balaban J connectivity index is 2.92. The van der Waals surface area contributed by atoms with Crippen molar-refractivity contribution in [3.8, 4) is 0 Å². The molecule has 0 spiro atoms. The smallest absolute Gasteiger partial charge is 0.376 e. The molecule has 4 N–H and O–H groups in total. The number of carbonyl (C=O) groups excluding carboxylic acids is 1. The molecular weight excluding hydrogens is 333 g/mol. The molecule has 1 saturated heterocycles. The Labute approximate surface area is 158 Å². The van der Waals surface area contributed by atoms with E-state index in [0.717, 1.165) is 51.6 Å². The van der Waals surface area contributed by atoms with Gasteiger partial charge >= 0.3 is 7.05 Å². The maximum Gasteiger partial charge on any atom is 0.376 e. The Morgan fingerprint density at radius 3 is 2.62 bits per heavy atom. The predicted molar refractivity (Wildman–Crippen MR) is 103 cm³/mol. The molecule has 0 aromatic rings. The number of nitrogens with zero attached hydrogens (tertiary/aromatic N) is 1. The molecule has 0 aromatic heterocycles. The lowest BCUT2D eigenvalue weighted by Crippen LogP contribution is -2.42. The molecule has 26 heavy (non-hydrogen) atoms.